The van der Waals surface area contributed by atoms with Crippen molar-refractivity contribution >= 4 is 11.8 Å². The fourth-order valence-corrected chi connectivity index (χ4v) is 1.45. The van der Waals surface area contributed by atoms with E-state index < -0.39 is 0 Å². The van der Waals surface area contributed by atoms with Crippen molar-refractivity contribution in [2.45, 2.75) is 20.3 Å². The smallest absolute Gasteiger partial charge is 0.241 e. The highest BCUT2D eigenvalue weighted by Crippen LogP contribution is 2.07. The second kappa shape index (κ2) is 4.44. The first-order valence-electron chi connectivity index (χ1n) is 5.02. The molecule has 1 heterocycles. The first kappa shape index (κ1) is 11.0. The molecule has 0 saturated carbocycles. The third kappa shape index (κ3) is 2.72. The number of rotatable bonds is 2. The van der Waals surface area contributed by atoms with Gasteiger partial charge < -0.3 is 9.80 Å². The Labute approximate surface area is 84.9 Å². The van der Waals surface area contributed by atoms with Crippen LogP contribution in [0, 0.1) is 5.92 Å². The zero-order valence-electron chi connectivity index (χ0n) is 9.12. The van der Waals surface area contributed by atoms with Crippen LogP contribution in [0.4, 0.5) is 0 Å². The lowest BCUT2D eigenvalue weighted by molar-refractivity contribution is -0.144. The molecule has 0 aromatic heterocycles. The molecule has 0 aromatic carbocycles. The summed E-state index contributed by atoms with van der Waals surface area (Å²) in [6, 6.07) is 0. The molecule has 0 N–H and O–H groups in total. The largest absolute Gasteiger partial charge is 0.342 e. The van der Waals surface area contributed by atoms with Crippen molar-refractivity contribution in [1.29, 1.82) is 0 Å². The molecule has 0 aromatic rings. The van der Waals surface area contributed by atoms with E-state index in [1.807, 2.05) is 13.8 Å². The first-order chi connectivity index (χ1) is 6.50. The minimum absolute atomic E-state index is 0.0355. The van der Waals surface area contributed by atoms with Gasteiger partial charge in [-0.05, 0) is 5.92 Å². The standard InChI is InChI=1S/C10H18N2O2/c1-8(2)6-9(13)12-5-4-11(3)10(14)7-12/h8H,4-7H2,1-3H3. The van der Waals surface area contributed by atoms with E-state index >= 15 is 0 Å². The number of likely N-dealkylation sites (N-methyl/N-ethyl adjacent to an activating group) is 1. The normalized spacial score (nSPS) is 17.9. The minimum Gasteiger partial charge on any atom is -0.342 e. The van der Waals surface area contributed by atoms with Crippen molar-refractivity contribution in [3.63, 3.8) is 0 Å². The van der Waals surface area contributed by atoms with Gasteiger partial charge in [0, 0.05) is 26.6 Å². The molecule has 14 heavy (non-hydrogen) atoms. The van der Waals surface area contributed by atoms with Crippen LogP contribution in [0.1, 0.15) is 20.3 Å². The molecule has 0 unspecified atom stereocenters. The molecule has 4 nitrogen and oxygen atoms in total. The maximum atomic E-state index is 11.6. The Kier molecular flexibility index (Phi) is 3.49. The van der Waals surface area contributed by atoms with Crippen molar-refractivity contribution in [1.82, 2.24) is 9.80 Å². The van der Waals surface area contributed by atoms with Gasteiger partial charge in [-0.15, -0.1) is 0 Å². The molecule has 1 rings (SSSR count). The van der Waals surface area contributed by atoms with Crippen LogP contribution in [0.5, 0.6) is 0 Å². The number of amides is 2. The number of hydrogen-bond donors (Lipinski definition) is 0. The van der Waals surface area contributed by atoms with Crippen molar-refractivity contribution in [2.24, 2.45) is 5.92 Å². The molecule has 1 fully saturated rings. The summed E-state index contributed by atoms with van der Waals surface area (Å²) in [5.41, 5.74) is 0. The van der Waals surface area contributed by atoms with Gasteiger partial charge in [0.1, 0.15) is 0 Å². The van der Waals surface area contributed by atoms with E-state index in [1.54, 1.807) is 16.8 Å². The molecular weight excluding hydrogens is 180 g/mol. The molecule has 1 aliphatic rings. The van der Waals surface area contributed by atoms with Gasteiger partial charge in [-0.3, -0.25) is 9.59 Å². The molecule has 0 radical (unpaired) electrons. The van der Waals surface area contributed by atoms with Crippen molar-refractivity contribution < 1.29 is 9.59 Å². The Morgan fingerprint density at radius 1 is 1.43 bits per heavy atom. The summed E-state index contributed by atoms with van der Waals surface area (Å²) in [5, 5.41) is 0. The summed E-state index contributed by atoms with van der Waals surface area (Å²) in [6.07, 6.45) is 0.539. The molecule has 0 aliphatic carbocycles. The molecule has 80 valence electrons. The molecule has 1 saturated heterocycles. The lowest BCUT2D eigenvalue weighted by Crippen LogP contribution is -2.50. The van der Waals surface area contributed by atoms with Gasteiger partial charge >= 0.3 is 0 Å². The van der Waals surface area contributed by atoms with Crippen molar-refractivity contribution in [3.8, 4) is 0 Å². The van der Waals surface area contributed by atoms with Crippen molar-refractivity contribution in [2.75, 3.05) is 26.7 Å². The number of nitrogens with zero attached hydrogens (tertiary/aromatic N) is 2. The number of carbonyl (C=O) groups excluding carboxylic acids is 2. The van der Waals surface area contributed by atoms with Crippen LogP contribution in [0.2, 0.25) is 0 Å². The fourth-order valence-electron chi connectivity index (χ4n) is 1.45. The zero-order valence-corrected chi connectivity index (χ0v) is 9.12. The van der Waals surface area contributed by atoms with Gasteiger partial charge in [0.25, 0.3) is 0 Å². The Bertz CT molecular complexity index is 238. The second-order valence-electron chi connectivity index (χ2n) is 4.23. The molecular formula is C10H18N2O2. The van der Waals surface area contributed by atoms with Crippen LogP contribution < -0.4 is 0 Å². The van der Waals surface area contributed by atoms with E-state index in [1.165, 1.54) is 0 Å². The van der Waals surface area contributed by atoms with E-state index in [9.17, 15) is 9.59 Å². The summed E-state index contributed by atoms with van der Waals surface area (Å²) in [4.78, 5) is 26.3. The van der Waals surface area contributed by atoms with Crippen LogP contribution >= 0.6 is 0 Å². The highest BCUT2D eigenvalue weighted by atomic mass is 16.2. The Hall–Kier alpha value is -1.06. The van der Waals surface area contributed by atoms with Gasteiger partial charge in [-0.25, -0.2) is 0 Å². The third-order valence-corrected chi connectivity index (χ3v) is 2.39. The second-order valence-corrected chi connectivity index (χ2v) is 4.23. The average molecular weight is 198 g/mol. The third-order valence-electron chi connectivity index (χ3n) is 2.39. The predicted octanol–water partition coefficient (Wildman–Crippen LogP) is 0.333. The molecule has 0 bridgehead atoms. The maximum Gasteiger partial charge on any atom is 0.241 e. The van der Waals surface area contributed by atoms with Crippen molar-refractivity contribution in [3.05, 3.63) is 0 Å². The number of hydrogen-bond acceptors (Lipinski definition) is 2. The summed E-state index contributed by atoms with van der Waals surface area (Å²) < 4.78 is 0. The molecule has 1 aliphatic heterocycles. The lowest BCUT2D eigenvalue weighted by Gasteiger charge is -2.32. The Balaban J connectivity index is 2.46. The highest BCUT2D eigenvalue weighted by Gasteiger charge is 2.24. The number of carbonyl (C=O) groups is 2. The molecule has 0 spiro atoms. The highest BCUT2D eigenvalue weighted by molar-refractivity contribution is 5.85. The SMILES string of the molecule is CC(C)CC(=O)N1CCN(C)C(=O)C1. The van der Waals surface area contributed by atoms with E-state index in [2.05, 4.69) is 0 Å². The van der Waals surface area contributed by atoms with Crippen LogP contribution in [-0.2, 0) is 9.59 Å². The van der Waals surface area contributed by atoms with Crippen LogP contribution in [0.25, 0.3) is 0 Å². The quantitative estimate of drug-likeness (QED) is 0.641. The number of piperazine rings is 1. The minimum atomic E-state index is 0.0355. The molecule has 0 atom stereocenters. The van der Waals surface area contributed by atoms with E-state index in [0.29, 0.717) is 25.4 Å². The Morgan fingerprint density at radius 3 is 2.57 bits per heavy atom. The zero-order chi connectivity index (χ0) is 10.7. The van der Waals surface area contributed by atoms with Gasteiger partial charge in [-0.1, -0.05) is 13.8 Å². The average Bonchev–Trinajstić information content (AvgIpc) is 2.08. The summed E-state index contributed by atoms with van der Waals surface area (Å²) in [7, 11) is 1.77. The summed E-state index contributed by atoms with van der Waals surface area (Å²) in [5.74, 6) is 0.493. The monoisotopic (exact) mass is 198 g/mol. The topological polar surface area (TPSA) is 40.6 Å². The predicted molar refractivity (Wildman–Crippen MR) is 53.7 cm³/mol. The summed E-state index contributed by atoms with van der Waals surface area (Å²) in [6.45, 7) is 5.60. The van der Waals surface area contributed by atoms with E-state index in [4.69, 9.17) is 0 Å². The lowest BCUT2D eigenvalue weighted by atomic mass is 10.1. The fraction of sp³-hybridized carbons (Fsp3) is 0.800. The summed E-state index contributed by atoms with van der Waals surface area (Å²) >= 11 is 0. The Morgan fingerprint density at radius 2 is 2.07 bits per heavy atom. The molecule has 4 heteroatoms. The molecule has 2 amide bonds. The van der Waals surface area contributed by atoms with Gasteiger partial charge in [-0.2, -0.15) is 0 Å². The van der Waals surface area contributed by atoms with Gasteiger partial charge in [0.05, 0.1) is 6.54 Å². The maximum absolute atomic E-state index is 11.6. The van der Waals surface area contributed by atoms with Gasteiger partial charge in [0.15, 0.2) is 0 Å². The van der Waals surface area contributed by atoms with Crippen LogP contribution in [-0.4, -0.2) is 48.3 Å². The van der Waals surface area contributed by atoms with Gasteiger partial charge in [0.2, 0.25) is 11.8 Å². The van der Waals surface area contributed by atoms with Crippen LogP contribution in [0.15, 0.2) is 0 Å². The van der Waals surface area contributed by atoms with E-state index in [0.717, 1.165) is 0 Å². The van der Waals surface area contributed by atoms with Crippen LogP contribution in [0.3, 0.4) is 0 Å². The first-order valence-corrected chi connectivity index (χ1v) is 5.02. The van der Waals surface area contributed by atoms with E-state index in [-0.39, 0.29) is 18.4 Å².